The van der Waals surface area contributed by atoms with E-state index in [1.807, 2.05) is 24.4 Å². The summed E-state index contributed by atoms with van der Waals surface area (Å²) in [5.41, 5.74) is 0.992. The number of aromatic nitrogens is 1. The molecule has 2 rings (SSSR count). The lowest BCUT2D eigenvalue weighted by Crippen LogP contribution is -2.44. The van der Waals surface area contributed by atoms with Gasteiger partial charge in [-0.1, -0.05) is 33.8 Å². The zero-order chi connectivity index (χ0) is 17.5. The van der Waals surface area contributed by atoms with Crippen LogP contribution in [0.25, 0.3) is 0 Å². The zero-order valence-electron chi connectivity index (χ0n) is 15.7. The Hall–Kier alpha value is -1.42. The number of nitrogens with zero attached hydrogens (tertiary/aromatic N) is 2. The highest BCUT2D eigenvalue weighted by Gasteiger charge is 2.30. The quantitative estimate of drug-likeness (QED) is 0.829. The van der Waals surface area contributed by atoms with Crippen LogP contribution in [0.1, 0.15) is 58.7 Å². The number of pyridine rings is 1. The van der Waals surface area contributed by atoms with Crippen LogP contribution in [-0.2, 0) is 4.79 Å². The Morgan fingerprint density at radius 2 is 2.08 bits per heavy atom. The van der Waals surface area contributed by atoms with Crippen LogP contribution < -0.4 is 5.32 Å². The molecule has 2 heterocycles. The number of amides is 1. The average molecular weight is 332 g/mol. The molecule has 2 atom stereocenters. The summed E-state index contributed by atoms with van der Waals surface area (Å²) in [7, 11) is 0. The van der Waals surface area contributed by atoms with E-state index in [9.17, 15) is 4.79 Å². The standard InChI is InChI=1S/C20H33N3O/c1-15(2)12-19(24)22-20(18-9-5-6-10-21-18)17-8-7-11-23(14-17)13-16(3)4/h5-6,9-10,15-17,20H,7-8,11-14H2,1-4H3,(H,22,24)/t17-,20+/m1/s1. The zero-order valence-corrected chi connectivity index (χ0v) is 15.7. The second kappa shape index (κ2) is 9.16. The summed E-state index contributed by atoms with van der Waals surface area (Å²) in [4.78, 5) is 19.5. The number of carbonyl (C=O) groups excluding carboxylic acids is 1. The van der Waals surface area contributed by atoms with E-state index in [4.69, 9.17) is 0 Å². The first-order chi connectivity index (χ1) is 11.5. The Bertz CT molecular complexity index is 501. The largest absolute Gasteiger partial charge is 0.347 e. The number of hydrogen-bond acceptors (Lipinski definition) is 3. The van der Waals surface area contributed by atoms with Gasteiger partial charge in [-0.15, -0.1) is 0 Å². The summed E-state index contributed by atoms with van der Waals surface area (Å²) >= 11 is 0. The predicted molar refractivity (Wildman–Crippen MR) is 98.6 cm³/mol. The lowest BCUT2D eigenvalue weighted by atomic mass is 9.87. The Morgan fingerprint density at radius 1 is 1.29 bits per heavy atom. The number of nitrogens with one attached hydrogen (secondary N) is 1. The van der Waals surface area contributed by atoms with Crippen molar-refractivity contribution < 1.29 is 4.79 Å². The van der Waals surface area contributed by atoms with E-state index in [-0.39, 0.29) is 11.9 Å². The van der Waals surface area contributed by atoms with E-state index in [0.29, 0.717) is 24.2 Å². The summed E-state index contributed by atoms with van der Waals surface area (Å²) in [5, 5.41) is 3.28. The van der Waals surface area contributed by atoms with Crippen LogP contribution >= 0.6 is 0 Å². The molecule has 0 bridgehead atoms. The van der Waals surface area contributed by atoms with Gasteiger partial charge in [0.2, 0.25) is 5.91 Å². The molecule has 0 unspecified atom stereocenters. The summed E-state index contributed by atoms with van der Waals surface area (Å²) in [6.07, 6.45) is 4.75. The van der Waals surface area contributed by atoms with Gasteiger partial charge in [-0.05, 0) is 49.3 Å². The second-order valence-electron chi connectivity index (χ2n) is 7.95. The lowest BCUT2D eigenvalue weighted by Gasteiger charge is -2.38. The van der Waals surface area contributed by atoms with E-state index >= 15 is 0 Å². The molecular formula is C20H33N3O. The van der Waals surface area contributed by atoms with Gasteiger partial charge in [0.05, 0.1) is 11.7 Å². The van der Waals surface area contributed by atoms with Crippen LogP contribution in [-0.4, -0.2) is 35.4 Å². The fraction of sp³-hybridized carbons (Fsp3) is 0.700. The minimum absolute atomic E-state index is 0.0208. The Balaban J connectivity index is 2.11. The Labute approximate surface area is 147 Å². The van der Waals surface area contributed by atoms with Crippen LogP contribution in [0.4, 0.5) is 0 Å². The van der Waals surface area contributed by atoms with Crippen molar-refractivity contribution in [3.05, 3.63) is 30.1 Å². The summed E-state index contributed by atoms with van der Waals surface area (Å²) in [6, 6.07) is 6.01. The molecule has 0 radical (unpaired) electrons. The highest BCUT2D eigenvalue weighted by Crippen LogP contribution is 2.29. The third kappa shape index (κ3) is 5.90. The SMILES string of the molecule is CC(C)CC(=O)N[C@H](c1ccccn1)[C@@H]1CCCN(CC(C)C)C1. The van der Waals surface area contributed by atoms with Gasteiger partial charge in [0.1, 0.15) is 0 Å². The monoisotopic (exact) mass is 331 g/mol. The highest BCUT2D eigenvalue weighted by molar-refractivity contribution is 5.76. The predicted octanol–water partition coefficient (Wildman–Crippen LogP) is 3.65. The van der Waals surface area contributed by atoms with Crippen LogP contribution in [0, 0.1) is 17.8 Å². The van der Waals surface area contributed by atoms with E-state index < -0.39 is 0 Å². The topological polar surface area (TPSA) is 45.2 Å². The van der Waals surface area contributed by atoms with Crippen molar-refractivity contribution in [3.8, 4) is 0 Å². The second-order valence-corrected chi connectivity index (χ2v) is 7.95. The fourth-order valence-corrected chi connectivity index (χ4v) is 3.64. The van der Waals surface area contributed by atoms with Gasteiger partial charge < -0.3 is 10.2 Å². The summed E-state index contributed by atoms with van der Waals surface area (Å²) in [6.45, 7) is 12.0. The van der Waals surface area contributed by atoms with Crippen LogP contribution in [0.15, 0.2) is 24.4 Å². The molecule has 134 valence electrons. The number of hydrogen-bond donors (Lipinski definition) is 1. The molecule has 4 heteroatoms. The molecule has 1 aliphatic heterocycles. The first kappa shape index (κ1) is 18.9. The van der Waals surface area contributed by atoms with Gasteiger partial charge in [-0.25, -0.2) is 0 Å². The van der Waals surface area contributed by atoms with Crippen molar-refractivity contribution in [2.45, 2.75) is 53.0 Å². The number of likely N-dealkylation sites (tertiary alicyclic amines) is 1. The summed E-state index contributed by atoms with van der Waals surface area (Å²) < 4.78 is 0. The molecule has 1 amide bonds. The van der Waals surface area contributed by atoms with Crippen LogP contribution in [0.5, 0.6) is 0 Å². The third-order valence-corrected chi connectivity index (χ3v) is 4.55. The number of rotatable bonds is 7. The minimum atomic E-state index is 0.0208. The smallest absolute Gasteiger partial charge is 0.220 e. The number of piperidine rings is 1. The molecular weight excluding hydrogens is 298 g/mol. The maximum atomic E-state index is 12.4. The molecule has 1 N–H and O–H groups in total. The molecule has 4 nitrogen and oxygen atoms in total. The van der Waals surface area contributed by atoms with Gasteiger partial charge >= 0.3 is 0 Å². The highest BCUT2D eigenvalue weighted by atomic mass is 16.1. The molecule has 1 fully saturated rings. The van der Waals surface area contributed by atoms with Crippen LogP contribution in [0.2, 0.25) is 0 Å². The van der Waals surface area contributed by atoms with Gasteiger partial charge in [0.25, 0.3) is 0 Å². The van der Waals surface area contributed by atoms with E-state index in [1.54, 1.807) is 0 Å². The third-order valence-electron chi connectivity index (χ3n) is 4.55. The molecule has 1 aliphatic rings. The number of carbonyl (C=O) groups is 1. The maximum Gasteiger partial charge on any atom is 0.220 e. The molecule has 0 saturated carbocycles. The maximum absolute atomic E-state index is 12.4. The van der Waals surface area contributed by atoms with Gasteiger partial charge in [-0.2, -0.15) is 0 Å². The average Bonchev–Trinajstić information content (AvgIpc) is 2.52. The van der Waals surface area contributed by atoms with E-state index in [1.165, 1.54) is 13.0 Å². The normalized spacial score (nSPS) is 20.3. The summed E-state index contributed by atoms with van der Waals surface area (Å²) in [5.74, 6) is 1.62. The minimum Gasteiger partial charge on any atom is -0.347 e. The lowest BCUT2D eigenvalue weighted by molar-refractivity contribution is -0.123. The van der Waals surface area contributed by atoms with Crippen molar-refractivity contribution >= 4 is 5.91 Å². The van der Waals surface area contributed by atoms with Crippen molar-refractivity contribution in [1.82, 2.24) is 15.2 Å². The molecule has 0 aromatic carbocycles. The molecule has 0 aliphatic carbocycles. The van der Waals surface area contributed by atoms with Gasteiger partial charge in [-0.3, -0.25) is 9.78 Å². The molecule has 1 saturated heterocycles. The van der Waals surface area contributed by atoms with E-state index in [2.05, 4.69) is 42.9 Å². The van der Waals surface area contributed by atoms with Crippen molar-refractivity contribution in [1.29, 1.82) is 0 Å². The molecule has 0 spiro atoms. The van der Waals surface area contributed by atoms with Crippen molar-refractivity contribution in [2.24, 2.45) is 17.8 Å². The van der Waals surface area contributed by atoms with Crippen LogP contribution in [0.3, 0.4) is 0 Å². The fourth-order valence-electron chi connectivity index (χ4n) is 3.64. The Kier molecular flexibility index (Phi) is 7.22. The first-order valence-electron chi connectivity index (χ1n) is 9.38. The van der Waals surface area contributed by atoms with Crippen molar-refractivity contribution in [2.75, 3.05) is 19.6 Å². The van der Waals surface area contributed by atoms with Crippen molar-refractivity contribution in [3.63, 3.8) is 0 Å². The van der Waals surface area contributed by atoms with Gasteiger partial charge in [0, 0.05) is 25.7 Å². The van der Waals surface area contributed by atoms with Gasteiger partial charge in [0.15, 0.2) is 0 Å². The molecule has 1 aromatic rings. The molecule has 24 heavy (non-hydrogen) atoms. The van der Waals surface area contributed by atoms with E-state index in [0.717, 1.165) is 25.2 Å². The Morgan fingerprint density at radius 3 is 2.71 bits per heavy atom. The molecule has 1 aromatic heterocycles. The first-order valence-corrected chi connectivity index (χ1v) is 9.38.